The van der Waals surface area contributed by atoms with Gasteiger partial charge in [0.1, 0.15) is 0 Å². The van der Waals surface area contributed by atoms with Crippen molar-refractivity contribution in [2.45, 2.75) is 19.9 Å². The third-order valence-electron chi connectivity index (χ3n) is 4.00. The lowest BCUT2D eigenvalue weighted by Gasteiger charge is -2.24. The molecule has 1 aromatic carbocycles. The first-order valence-electron chi connectivity index (χ1n) is 7.41. The second kappa shape index (κ2) is 7.63. The van der Waals surface area contributed by atoms with Gasteiger partial charge < -0.3 is 10.0 Å². The van der Waals surface area contributed by atoms with E-state index >= 15 is 0 Å². The average molecular weight is 262 g/mol. The second-order valence-corrected chi connectivity index (χ2v) is 5.49. The van der Waals surface area contributed by atoms with E-state index in [1.54, 1.807) is 0 Å². The van der Waals surface area contributed by atoms with Gasteiger partial charge in [-0.15, -0.1) is 0 Å². The zero-order valence-corrected chi connectivity index (χ0v) is 12.0. The lowest BCUT2D eigenvalue weighted by molar-refractivity contribution is 0.202. The van der Waals surface area contributed by atoms with Crippen molar-refractivity contribution < 1.29 is 5.11 Å². The summed E-state index contributed by atoms with van der Waals surface area (Å²) in [5.41, 5.74) is 1.40. The number of benzene rings is 1. The fraction of sp³-hybridized carbons (Fsp3) is 0.625. The molecule has 1 N–H and O–H groups in total. The van der Waals surface area contributed by atoms with E-state index in [4.69, 9.17) is 5.11 Å². The monoisotopic (exact) mass is 262 g/mol. The summed E-state index contributed by atoms with van der Waals surface area (Å²) in [5, 5.41) is 8.98. The van der Waals surface area contributed by atoms with Gasteiger partial charge in [0.2, 0.25) is 0 Å². The van der Waals surface area contributed by atoms with Crippen LogP contribution in [0.4, 0.5) is 0 Å². The molecule has 1 aliphatic heterocycles. The zero-order chi connectivity index (χ0) is 13.5. The molecular formula is C16H26N2O. The lowest BCUT2D eigenvalue weighted by atomic mass is 10.1. The molecule has 0 spiro atoms. The highest BCUT2D eigenvalue weighted by Gasteiger charge is 2.23. The van der Waals surface area contributed by atoms with Gasteiger partial charge in [-0.05, 0) is 31.0 Å². The molecule has 106 valence electrons. The molecule has 0 aliphatic carbocycles. The Morgan fingerprint density at radius 2 is 2.11 bits per heavy atom. The van der Waals surface area contributed by atoms with Crippen molar-refractivity contribution in [1.82, 2.24) is 9.80 Å². The van der Waals surface area contributed by atoms with E-state index in [9.17, 15) is 0 Å². The van der Waals surface area contributed by atoms with Crippen molar-refractivity contribution in [2.75, 3.05) is 39.3 Å². The average Bonchev–Trinajstić information content (AvgIpc) is 2.87. The molecule has 1 saturated heterocycles. The van der Waals surface area contributed by atoms with Crippen molar-refractivity contribution in [1.29, 1.82) is 0 Å². The van der Waals surface area contributed by atoms with Gasteiger partial charge in [0.05, 0.1) is 6.61 Å². The summed E-state index contributed by atoms with van der Waals surface area (Å²) in [7, 11) is 0. The molecule has 1 atom stereocenters. The van der Waals surface area contributed by atoms with Crippen molar-refractivity contribution >= 4 is 0 Å². The summed E-state index contributed by atoms with van der Waals surface area (Å²) >= 11 is 0. The van der Waals surface area contributed by atoms with Crippen LogP contribution in [0.3, 0.4) is 0 Å². The van der Waals surface area contributed by atoms with E-state index in [-0.39, 0.29) is 6.61 Å². The van der Waals surface area contributed by atoms with E-state index in [0.717, 1.165) is 38.6 Å². The fourth-order valence-electron chi connectivity index (χ4n) is 2.92. The highest BCUT2D eigenvalue weighted by atomic mass is 16.3. The van der Waals surface area contributed by atoms with Crippen molar-refractivity contribution in [3.05, 3.63) is 35.9 Å². The predicted octanol–water partition coefficient (Wildman–Crippen LogP) is 1.82. The number of rotatable bonds is 7. The summed E-state index contributed by atoms with van der Waals surface area (Å²) in [5.74, 6) is 0.759. The molecule has 0 saturated carbocycles. The fourth-order valence-corrected chi connectivity index (χ4v) is 2.92. The first-order valence-corrected chi connectivity index (χ1v) is 7.41. The van der Waals surface area contributed by atoms with Crippen LogP contribution in [0.15, 0.2) is 30.3 Å². The minimum Gasteiger partial charge on any atom is -0.395 e. The molecule has 1 aliphatic rings. The van der Waals surface area contributed by atoms with Crippen LogP contribution in [-0.4, -0.2) is 54.2 Å². The van der Waals surface area contributed by atoms with E-state index in [1.807, 2.05) is 0 Å². The molecule has 19 heavy (non-hydrogen) atoms. The Balaban J connectivity index is 1.80. The van der Waals surface area contributed by atoms with Gasteiger partial charge in [-0.3, -0.25) is 4.90 Å². The molecule has 1 heterocycles. The van der Waals surface area contributed by atoms with Gasteiger partial charge in [0, 0.05) is 26.2 Å². The largest absolute Gasteiger partial charge is 0.395 e. The van der Waals surface area contributed by atoms with Gasteiger partial charge in [-0.25, -0.2) is 0 Å². The zero-order valence-electron chi connectivity index (χ0n) is 12.0. The van der Waals surface area contributed by atoms with E-state index < -0.39 is 0 Å². The molecule has 0 aromatic heterocycles. The van der Waals surface area contributed by atoms with Crippen LogP contribution >= 0.6 is 0 Å². The summed E-state index contributed by atoms with van der Waals surface area (Å²) in [6.45, 7) is 8.98. The maximum atomic E-state index is 8.98. The van der Waals surface area contributed by atoms with Gasteiger partial charge in [-0.2, -0.15) is 0 Å². The second-order valence-electron chi connectivity index (χ2n) is 5.49. The topological polar surface area (TPSA) is 26.7 Å². The smallest absolute Gasteiger partial charge is 0.0558 e. The van der Waals surface area contributed by atoms with Crippen molar-refractivity contribution in [2.24, 2.45) is 5.92 Å². The Bertz CT molecular complexity index is 355. The molecule has 3 heteroatoms. The van der Waals surface area contributed by atoms with Crippen LogP contribution in [0.1, 0.15) is 18.9 Å². The highest BCUT2D eigenvalue weighted by molar-refractivity contribution is 5.14. The first-order chi connectivity index (χ1) is 9.31. The summed E-state index contributed by atoms with van der Waals surface area (Å²) in [4.78, 5) is 4.91. The SMILES string of the molecule is CCN(Cc1ccccc1)C[C@H]1CCN(CCO)C1. The number of hydrogen-bond acceptors (Lipinski definition) is 3. The van der Waals surface area contributed by atoms with Crippen LogP contribution in [-0.2, 0) is 6.54 Å². The molecule has 0 amide bonds. The number of likely N-dealkylation sites (tertiary alicyclic amines) is 1. The third-order valence-corrected chi connectivity index (χ3v) is 4.00. The third kappa shape index (κ3) is 4.60. The van der Waals surface area contributed by atoms with Crippen LogP contribution in [0.2, 0.25) is 0 Å². The molecule has 0 radical (unpaired) electrons. The lowest BCUT2D eigenvalue weighted by Crippen LogP contribution is -2.31. The highest BCUT2D eigenvalue weighted by Crippen LogP contribution is 2.18. The minimum absolute atomic E-state index is 0.286. The Kier molecular flexibility index (Phi) is 5.83. The Morgan fingerprint density at radius 3 is 2.79 bits per heavy atom. The molecule has 0 bridgehead atoms. The van der Waals surface area contributed by atoms with Crippen LogP contribution in [0.25, 0.3) is 0 Å². The van der Waals surface area contributed by atoms with Crippen LogP contribution in [0.5, 0.6) is 0 Å². The first kappa shape index (κ1) is 14.5. The van der Waals surface area contributed by atoms with Crippen molar-refractivity contribution in [3.63, 3.8) is 0 Å². The van der Waals surface area contributed by atoms with E-state index in [2.05, 4.69) is 47.1 Å². The maximum absolute atomic E-state index is 8.98. The molecule has 1 fully saturated rings. The van der Waals surface area contributed by atoms with Crippen LogP contribution in [0, 0.1) is 5.92 Å². The van der Waals surface area contributed by atoms with E-state index in [0.29, 0.717) is 0 Å². The van der Waals surface area contributed by atoms with E-state index in [1.165, 1.54) is 18.5 Å². The summed E-state index contributed by atoms with van der Waals surface area (Å²) in [6.07, 6.45) is 1.27. The van der Waals surface area contributed by atoms with Gasteiger partial charge in [-0.1, -0.05) is 37.3 Å². The molecule has 2 rings (SSSR count). The quantitative estimate of drug-likeness (QED) is 0.812. The standard InChI is InChI=1S/C16H26N2O/c1-2-17(12-15-6-4-3-5-7-15)13-16-8-9-18(14-16)10-11-19/h3-7,16,19H,2,8-14H2,1H3/t16-/m1/s1. The molecule has 1 aromatic rings. The number of β-amino-alcohol motifs (C(OH)–C–C–N with tert-alkyl or cyclic N) is 1. The number of aliphatic hydroxyl groups is 1. The minimum atomic E-state index is 0.286. The van der Waals surface area contributed by atoms with Gasteiger partial charge in [0.25, 0.3) is 0 Å². The number of aliphatic hydroxyl groups excluding tert-OH is 1. The number of nitrogens with zero attached hydrogens (tertiary/aromatic N) is 2. The predicted molar refractivity (Wildman–Crippen MR) is 79.0 cm³/mol. The summed E-state index contributed by atoms with van der Waals surface area (Å²) < 4.78 is 0. The molecular weight excluding hydrogens is 236 g/mol. The summed E-state index contributed by atoms with van der Waals surface area (Å²) in [6, 6.07) is 10.7. The Hall–Kier alpha value is -0.900. The Morgan fingerprint density at radius 1 is 1.32 bits per heavy atom. The normalized spacial score (nSPS) is 20.3. The van der Waals surface area contributed by atoms with Crippen molar-refractivity contribution in [3.8, 4) is 0 Å². The van der Waals surface area contributed by atoms with Gasteiger partial charge >= 0.3 is 0 Å². The molecule has 3 nitrogen and oxygen atoms in total. The van der Waals surface area contributed by atoms with Crippen LogP contribution < -0.4 is 0 Å². The van der Waals surface area contributed by atoms with Gasteiger partial charge in [0.15, 0.2) is 0 Å². The maximum Gasteiger partial charge on any atom is 0.0558 e. The molecule has 0 unspecified atom stereocenters. The number of hydrogen-bond donors (Lipinski definition) is 1. The Labute approximate surface area is 116 Å².